The van der Waals surface area contributed by atoms with Crippen LogP contribution in [0.1, 0.15) is 20.8 Å². The van der Waals surface area contributed by atoms with Gasteiger partial charge < -0.3 is 25.4 Å². The van der Waals surface area contributed by atoms with Gasteiger partial charge in [-0.3, -0.25) is 0 Å². The number of rotatable bonds is 4. The van der Waals surface area contributed by atoms with Crippen molar-refractivity contribution >= 4 is 12.1 Å². The Morgan fingerprint density at radius 3 is 2.37 bits per heavy atom. The average Bonchev–Trinajstić information content (AvgIpc) is 2.20. The smallest absolute Gasteiger partial charge is 0.407 e. The highest BCUT2D eigenvalue weighted by atomic mass is 16.6. The number of aliphatic hydroxyl groups excluding tert-OH is 1. The number of aliphatic hydroxyl groups is 1. The zero-order valence-electron chi connectivity index (χ0n) is 11.7. The first-order valence-electron chi connectivity index (χ1n) is 6.42. The number of nitrogens with one attached hydrogen (secondary N) is 2. The Balaban J connectivity index is 2.05. The van der Waals surface area contributed by atoms with Gasteiger partial charge in [-0.1, -0.05) is 0 Å². The molecule has 0 aromatic rings. The van der Waals surface area contributed by atoms with Crippen LogP contribution < -0.4 is 10.6 Å². The summed E-state index contributed by atoms with van der Waals surface area (Å²) in [7, 11) is 0. The summed E-state index contributed by atoms with van der Waals surface area (Å²) < 4.78 is 5.05. The third-order valence-corrected chi connectivity index (χ3v) is 2.57. The molecule has 1 aliphatic heterocycles. The maximum atomic E-state index is 11.5. The Morgan fingerprint density at radius 2 is 1.84 bits per heavy atom. The number of likely N-dealkylation sites (tertiary alicyclic amines) is 1. The lowest BCUT2D eigenvalue weighted by Gasteiger charge is -2.38. The molecule has 1 fully saturated rings. The molecule has 0 aromatic carbocycles. The maximum Gasteiger partial charge on any atom is 0.407 e. The second kappa shape index (κ2) is 6.60. The van der Waals surface area contributed by atoms with Gasteiger partial charge in [0.25, 0.3) is 0 Å². The normalized spacial score (nSPS) is 15.7. The van der Waals surface area contributed by atoms with Gasteiger partial charge in [0.05, 0.1) is 0 Å². The van der Waals surface area contributed by atoms with Crippen LogP contribution in [0.4, 0.5) is 9.59 Å². The first-order valence-corrected chi connectivity index (χ1v) is 6.42. The topological polar surface area (TPSA) is 90.9 Å². The summed E-state index contributed by atoms with van der Waals surface area (Å²) in [6.07, 6.45) is -0.494. The molecule has 0 unspecified atom stereocenters. The van der Waals surface area contributed by atoms with E-state index in [1.807, 2.05) is 0 Å². The SMILES string of the molecule is CC(C)(C)OC(=O)NCCNC(=O)N1CC(CO)C1. The number of amides is 3. The molecule has 1 rings (SSSR count). The summed E-state index contributed by atoms with van der Waals surface area (Å²) >= 11 is 0. The molecule has 0 radical (unpaired) electrons. The highest BCUT2D eigenvalue weighted by molar-refractivity contribution is 5.75. The molecule has 3 N–H and O–H groups in total. The Morgan fingerprint density at radius 1 is 1.26 bits per heavy atom. The first-order chi connectivity index (χ1) is 8.81. The quantitative estimate of drug-likeness (QED) is 0.636. The van der Waals surface area contributed by atoms with Gasteiger partial charge in [-0.05, 0) is 20.8 Å². The summed E-state index contributed by atoms with van der Waals surface area (Å²) in [5.41, 5.74) is -0.524. The Kier molecular flexibility index (Phi) is 5.41. The predicted molar refractivity (Wildman–Crippen MR) is 69.8 cm³/mol. The molecule has 0 aromatic heterocycles. The number of hydrogen-bond donors (Lipinski definition) is 3. The van der Waals surface area contributed by atoms with Crippen molar-refractivity contribution in [2.75, 3.05) is 32.8 Å². The Labute approximate surface area is 113 Å². The highest BCUT2D eigenvalue weighted by Gasteiger charge is 2.29. The van der Waals surface area contributed by atoms with Crippen LogP contribution in [0.25, 0.3) is 0 Å². The van der Waals surface area contributed by atoms with Crippen molar-refractivity contribution in [3.63, 3.8) is 0 Å². The molecular weight excluding hydrogens is 250 g/mol. The third-order valence-electron chi connectivity index (χ3n) is 2.57. The zero-order valence-corrected chi connectivity index (χ0v) is 11.7. The van der Waals surface area contributed by atoms with Crippen molar-refractivity contribution < 1.29 is 19.4 Å². The molecule has 110 valence electrons. The van der Waals surface area contributed by atoms with Crippen LogP contribution in [-0.4, -0.2) is 60.5 Å². The van der Waals surface area contributed by atoms with Crippen molar-refractivity contribution in [2.45, 2.75) is 26.4 Å². The second-order valence-corrected chi connectivity index (χ2v) is 5.61. The van der Waals surface area contributed by atoms with Crippen LogP contribution in [0, 0.1) is 5.92 Å². The van der Waals surface area contributed by atoms with Crippen LogP contribution in [0.5, 0.6) is 0 Å². The van der Waals surface area contributed by atoms with E-state index in [0.29, 0.717) is 26.2 Å². The van der Waals surface area contributed by atoms with Gasteiger partial charge in [-0.25, -0.2) is 9.59 Å². The van der Waals surface area contributed by atoms with Gasteiger partial charge in [0, 0.05) is 38.7 Å². The minimum Gasteiger partial charge on any atom is -0.444 e. The lowest BCUT2D eigenvalue weighted by molar-refractivity contribution is 0.0526. The van der Waals surface area contributed by atoms with E-state index < -0.39 is 11.7 Å². The third kappa shape index (κ3) is 5.78. The number of nitrogens with zero attached hydrogens (tertiary/aromatic N) is 1. The Hall–Kier alpha value is -1.50. The van der Waals surface area contributed by atoms with Gasteiger partial charge in [0.2, 0.25) is 0 Å². The molecule has 1 heterocycles. The fourth-order valence-electron chi connectivity index (χ4n) is 1.61. The van der Waals surface area contributed by atoms with Crippen molar-refractivity contribution in [3.05, 3.63) is 0 Å². The molecule has 1 aliphatic rings. The summed E-state index contributed by atoms with van der Waals surface area (Å²) in [4.78, 5) is 24.5. The van der Waals surface area contributed by atoms with Crippen molar-refractivity contribution in [3.8, 4) is 0 Å². The summed E-state index contributed by atoms with van der Waals surface area (Å²) in [6.45, 7) is 7.31. The molecule has 7 heteroatoms. The van der Waals surface area contributed by atoms with E-state index in [2.05, 4.69) is 10.6 Å². The van der Waals surface area contributed by atoms with E-state index in [1.54, 1.807) is 25.7 Å². The molecule has 7 nitrogen and oxygen atoms in total. The monoisotopic (exact) mass is 273 g/mol. The molecule has 0 aliphatic carbocycles. The largest absolute Gasteiger partial charge is 0.444 e. The first kappa shape index (κ1) is 15.6. The van der Waals surface area contributed by atoms with Crippen LogP contribution in [0.15, 0.2) is 0 Å². The lowest BCUT2D eigenvalue weighted by Crippen LogP contribution is -2.55. The predicted octanol–water partition coefficient (Wildman–Crippen LogP) is 0.145. The van der Waals surface area contributed by atoms with E-state index in [4.69, 9.17) is 9.84 Å². The molecular formula is C12H23N3O4. The minimum absolute atomic E-state index is 0.115. The van der Waals surface area contributed by atoms with Gasteiger partial charge in [-0.15, -0.1) is 0 Å². The molecule has 0 spiro atoms. The van der Waals surface area contributed by atoms with E-state index in [9.17, 15) is 9.59 Å². The fraction of sp³-hybridized carbons (Fsp3) is 0.833. The van der Waals surface area contributed by atoms with Crippen LogP contribution >= 0.6 is 0 Å². The standard InChI is InChI=1S/C12H23N3O4/c1-12(2,3)19-11(18)14-5-4-13-10(17)15-6-9(7-15)8-16/h9,16H,4-8H2,1-3H3,(H,13,17)(H,14,18). The molecule has 1 saturated heterocycles. The van der Waals surface area contributed by atoms with Crippen molar-refractivity contribution in [1.29, 1.82) is 0 Å². The van der Waals surface area contributed by atoms with Crippen LogP contribution in [-0.2, 0) is 4.74 Å². The minimum atomic E-state index is -0.524. The number of ether oxygens (including phenoxy) is 1. The number of alkyl carbamates (subject to hydrolysis) is 1. The number of carbonyl (C=O) groups is 2. The van der Waals surface area contributed by atoms with E-state index in [1.165, 1.54) is 0 Å². The van der Waals surface area contributed by atoms with Gasteiger partial charge in [0.15, 0.2) is 0 Å². The summed E-state index contributed by atoms with van der Waals surface area (Å²) in [6, 6.07) is -0.171. The molecule has 19 heavy (non-hydrogen) atoms. The van der Waals surface area contributed by atoms with E-state index in [0.717, 1.165) is 0 Å². The van der Waals surface area contributed by atoms with Crippen molar-refractivity contribution in [1.82, 2.24) is 15.5 Å². The average molecular weight is 273 g/mol. The van der Waals surface area contributed by atoms with Gasteiger partial charge >= 0.3 is 12.1 Å². The molecule has 0 saturated carbocycles. The van der Waals surface area contributed by atoms with Crippen molar-refractivity contribution in [2.24, 2.45) is 5.92 Å². The second-order valence-electron chi connectivity index (χ2n) is 5.61. The van der Waals surface area contributed by atoms with Gasteiger partial charge in [-0.2, -0.15) is 0 Å². The zero-order chi connectivity index (χ0) is 14.5. The summed E-state index contributed by atoms with van der Waals surface area (Å²) in [5.74, 6) is 0.200. The van der Waals surface area contributed by atoms with Crippen LogP contribution in [0.3, 0.4) is 0 Å². The number of hydrogen-bond acceptors (Lipinski definition) is 4. The Bertz CT molecular complexity index is 321. The highest BCUT2D eigenvalue weighted by Crippen LogP contribution is 2.13. The summed E-state index contributed by atoms with van der Waals surface area (Å²) in [5, 5.41) is 14.1. The van der Waals surface area contributed by atoms with Gasteiger partial charge in [0.1, 0.15) is 5.60 Å². The fourth-order valence-corrected chi connectivity index (χ4v) is 1.61. The number of urea groups is 1. The lowest BCUT2D eigenvalue weighted by atomic mass is 10.0. The van der Waals surface area contributed by atoms with E-state index in [-0.39, 0.29) is 18.6 Å². The molecule has 0 bridgehead atoms. The molecule has 3 amide bonds. The van der Waals surface area contributed by atoms with Crippen LogP contribution in [0.2, 0.25) is 0 Å². The number of carbonyl (C=O) groups excluding carboxylic acids is 2. The van der Waals surface area contributed by atoms with E-state index >= 15 is 0 Å². The molecule has 0 atom stereocenters. The maximum absolute atomic E-state index is 11.5.